The minimum atomic E-state index is -0.521. The lowest BCUT2D eigenvalue weighted by atomic mass is 10.0. The van der Waals surface area contributed by atoms with Crippen molar-refractivity contribution in [3.8, 4) is 0 Å². The number of rotatable bonds is 3. The van der Waals surface area contributed by atoms with E-state index in [4.69, 9.17) is 0 Å². The fraction of sp³-hybridized carbons (Fsp3) is 0.286. The van der Waals surface area contributed by atoms with Crippen molar-refractivity contribution in [2.24, 2.45) is 0 Å². The van der Waals surface area contributed by atoms with Crippen molar-refractivity contribution in [2.45, 2.75) is 26.4 Å². The Kier molecular flexibility index (Phi) is 3.49. The number of aryl methyl sites for hydroxylation is 2. The highest BCUT2D eigenvalue weighted by Gasteiger charge is 2.12. The molecule has 0 spiro atoms. The van der Waals surface area contributed by atoms with E-state index in [0.717, 1.165) is 22.5 Å². The Hall–Kier alpha value is -1.74. The van der Waals surface area contributed by atoms with E-state index in [2.05, 4.69) is 9.97 Å². The maximum atomic E-state index is 10.2. The average Bonchev–Trinajstić information content (AvgIpc) is 2.30. The smallest absolute Gasteiger partial charge is 0.0848 e. The molecule has 0 saturated heterocycles. The van der Waals surface area contributed by atoms with Crippen LogP contribution in [0.5, 0.6) is 0 Å². The first kappa shape index (κ1) is 11.7. The zero-order valence-electron chi connectivity index (χ0n) is 10.1. The third kappa shape index (κ3) is 2.88. The fourth-order valence-electron chi connectivity index (χ4n) is 1.90. The van der Waals surface area contributed by atoms with Crippen LogP contribution in [0.2, 0.25) is 0 Å². The molecule has 3 heteroatoms. The van der Waals surface area contributed by atoms with E-state index in [0.29, 0.717) is 6.42 Å². The van der Waals surface area contributed by atoms with Gasteiger partial charge in [0.25, 0.3) is 0 Å². The van der Waals surface area contributed by atoms with E-state index in [9.17, 15) is 5.11 Å². The zero-order chi connectivity index (χ0) is 12.3. The molecule has 1 N–H and O–H groups in total. The SMILES string of the molecule is Cc1ccc(C(O)Cc2cccnc2)c(C)n1. The summed E-state index contributed by atoms with van der Waals surface area (Å²) in [5.41, 5.74) is 3.78. The Bertz CT molecular complexity index is 497. The van der Waals surface area contributed by atoms with Gasteiger partial charge in [-0.25, -0.2) is 0 Å². The molecule has 0 aliphatic carbocycles. The molecular formula is C14H16N2O. The Morgan fingerprint density at radius 3 is 2.71 bits per heavy atom. The van der Waals surface area contributed by atoms with Gasteiger partial charge in [-0.15, -0.1) is 0 Å². The number of hydrogen-bond acceptors (Lipinski definition) is 3. The number of nitrogens with zero attached hydrogens (tertiary/aromatic N) is 2. The van der Waals surface area contributed by atoms with E-state index >= 15 is 0 Å². The standard InChI is InChI=1S/C14H16N2O/c1-10-5-6-13(11(2)16-10)14(17)8-12-4-3-7-15-9-12/h3-7,9,14,17H,8H2,1-2H3. The van der Waals surface area contributed by atoms with Crippen molar-refractivity contribution in [1.82, 2.24) is 9.97 Å². The Morgan fingerprint density at radius 2 is 2.06 bits per heavy atom. The zero-order valence-corrected chi connectivity index (χ0v) is 10.1. The summed E-state index contributed by atoms with van der Waals surface area (Å²) in [5.74, 6) is 0. The van der Waals surface area contributed by atoms with E-state index < -0.39 is 6.10 Å². The lowest BCUT2D eigenvalue weighted by Gasteiger charge is -2.13. The van der Waals surface area contributed by atoms with Crippen LogP contribution in [-0.4, -0.2) is 15.1 Å². The topological polar surface area (TPSA) is 46.0 Å². The van der Waals surface area contributed by atoms with Crippen LogP contribution < -0.4 is 0 Å². The van der Waals surface area contributed by atoms with Crippen molar-refractivity contribution in [2.75, 3.05) is 0 Å². The molecule has 0 bridgehead atoms. The van der Waals surface area contributed by atoms with Crippen molar-refractivity contribution < 1.29 is 5.11 Å². The molecule has 0 aliphatic heterocycles. The second-order valence-electron chi connectivity index (χ2n) is 4.21. The predicted molar refractivity (Wildman–Crippen MR) is 66.6 cm³/mol. The van der Waals surface area contributed by atoms with Gasteiger partial charge in [-0.05, 0) is 31.5 Å². The molecule has 0 aromatic carbocycles. The van der Waals surface area contributed by atoms with Gasteiger partial charge in [0.2, 0.25) is 0 Å². The molecular weight excluding hydrogens is 212 g/mol. The van der Waals surface area contributed by atoms with Gasteiger partial charge in [-0.2, -0.15) is 0 Å². The van der Waals surface area contributed by atoms with Crippen LogP contribution in [0.15, 0.2) is 36.7 Å². The summed E-state index contributed by atoms with van der Waals surface area (Å²) >= 11 is 0. The molecule has 2 heterocycles. The second kappa shape index (κ2) is 5.06. The highest BCUT2D eigenvalue weighted by Crippen LogP contribution is 2.20. The summed E-state index contributed by atoms with van der Waals surface area (Å²) in [6, 6.07) is 7.71. The normalized spacial score (nSPS) is 12.4. The molecule has 2 rings (SSSR count). The van der Waals surface area contributed by atoms with Crippen LogP contribution in [0.1, 0.15) is 28.6 Å². The Balaban J connectivity index is 2.17. The van der Waals surface area contributed by atoms with Crippen molar-refractivity contribution in [3.05, 3.63) is 59.2 Å². The van der Waals surface area contributed by atoms with Gasteiger partial charge in [-0.3, -0.25) is 9.97 Å². The monoisotopic (exact) mass is 228 g/mol. The van der Waals surface area contributed by atoms with Gasteiger partial charge in [0.05, 0.1) is 6.10 Å². The number of aliphatic hydroxyl groups is 1. The molecule has 3 nitrogen and oxygen atoms in total. The lowest BCUT2D eigenvalue weighted by molar-refractivity contribution is 0.177. The van der Waals surface area contributed by atoms with Gasteiger partial charge >= 0.3 is 0 Å². The summed E-state index contributed by atoms with van der Waals surface area (Å²) < 4.78 is 0. The molecule has 1 unspecified atom stereocenters. The van der Waals surface area contributed by atoms with Crippen LogP contribution in [0.25, 0.3) is 0 Å². The first-order valence-corrected chi connectivity index (χ1v) is 5.68. The molecule has 0 amide bonds. The third-order valence-electron chi connectivity index (χ3n) is 2.78. The molecule has 2 aromatic rings. The fourth-order valence-corrected chi connectivity index (χ4v) is 1.90. The highest BCUT2D eigenvalue weighted by molar-refractivity contribution is 5.25. The van der Waals surface area contributed by atoms with Gasteiger partial charge in [0.1, 0.15) is 0 Å². The molecule has 0 radical (unpaired) electrons. The number of pyridine rings is 2. The molecule has 88 valence electrons. The van der Waals surface area contributed by atoms with Crippen molar-refractivity contribution in [1.29, 1.82) is 0 Å². The predicted octanol–water partition coefficient (Wildman–Crippen LogP) is 2.37. The highest BCUT2D eigenvalue weighted by atomic mass is 16.3. The molecule has 0 saturated carbocycles. The largest absolute Gasteiger partial charge is 0.388 e. The van der Waals surface area contributed by atoms with Gasteiger partial charge in [0, 0.05) is 35.8 Å². The van der Waals surface area contributed by atoms with Crippen LogP contribution >= 0.6 is 0 Å². The lowest BCUT2D eigenvalue weighted by Crippen LogP contribution is -2.05. The molecule has 1 atom stereocenters. The van der Waals surface area contributed by atoms with Gasteiger partial charge in [-0.1, -0.05) is 12.1 Å². The first-order valence-electron chi connectivity index (χ1n) is 5.68. The summed E-state index contributed by atoms with van der Waals surface area (Å²) in [6.07, 6.45) is 3.56. The van der Waals surface area contributed by atoms with Crippen LogP contribution in [0, 0.1) is 13.8 Å². The quantitative estimate of drug-likeness (QED) is 0.877. The summed E-state index contributed by atoms with van der Waals surface area (Å²) in [4.78, 5) is 8.40. The van der Waals surface area contributed by atoms with Crippen LogP contribution in [0.4, 0.5) is 0 Å². The number of aliphatic hydroxyl groups excluding tert-OH is 1. The first-order chi connectivity index (χ1) is 8.16. The average molecular weight is 228 g/mol. The molecule has 0 aliphatic rings. The summed E-state index contributed by atoms with van der Waals surface area (Å²) in [6.45, 7) is 3.87. The van der Waals surface area contributed by atoms with Crippen LogP contribution in [0.3, 0.4) is 0 Å². The number of hydrogen-bond donors (Lipinski definition) is 1. The summed E-state index contributed by atoms with van der Waals surface area (Å²) in [5, 5.41) is 10.2. The van der Waals surface area contributed by atoms with E-state index in [-0.39, 0.29) is 0 Å². The molecule has 2 aromatic heterocycles. The van der Waals surface area contributed by atoms with E-state index in [1.54, 1.807) is 12.4 Å². The third-order valence-corrected chi connectivity index (χ3v) is 2.78. The van der Waals surface area contributed by atoms with Gasteiger partial charge < -0.3 is 5.11 Å². The number of aromatic nitrogens is 2. The minimum Gasteiger partial charge on any atom is -0.388 e. The second-order valence-corrected chi connectivity index (χ2v) is 4.21. The maximum absolute atomic E-state index is 10.2. The minimum absolute atomic E-state index is 0.521. The summed E-state index contributed by atoms with van der Waals surface area (Å²) in [7, 11) is 0. The van der Waals surface area contributed by atoms with E-state index in [1.165, 1.54) is 0 Å². The Morgan fingerprint density at radius 1 is 1.24 bits per heavy atom. The Labute approximate surface area is 101 Å². The van der Waals surface area contributed by atoms with Crippen molar-refractivity contribution >= 4 is 0 Å². The maximum Gasteiger partial charge on any atom is 0.0848 e. The van der Waals surface area contributed by atoms with Crippen LogP contribution in [-0.2, 0) is 6.42 Å². The van der Waals surface area contributed by atoms with Crippen molar-refractivity contribution in [3.63, 3.8) is 0 Å². The van der Waals surface area contributed by atoms with E-state index in [1.807, 2.05) is 38.1 Å². The molecule has 17 heavy (non-hydrogen) atoms. The molecule has 0 fully saturated rings. The van der Waals surface area contributed by atoms with Gasteiger partial charge in [0.15, 0.2) is 0 Å².